The van der Waals surface area contributed by atoms with Crippen LogP contribution in [0, 0.1) is 0 Å². The molecule has 0 unspecified atom stereocenters. The van der Waals surface area contributed by atoms with Gasteiger partial charge in [0, 0.05) is 6.42 Å². The Morgan fingerprint density at radius 3 is 2.16 bits per heavy atom. The number of hydrogen-bond acceptors (Lipinski definition) is 2. The second-order valence-electron chi connectivity index (χ2n) is 3.85. The Labute approximate surface area is 117 Å². The molecule has 7 heteroatoms. The number of hydrogen-bond donors (Lipinski definition) is 0. The number of aromatic nitrogens is 2. The zero-order valence-corrected chi connectivity index (χ0v) is 10.9. The minimum atomic E-state index is -4.33. The van der Waals surface area contributed by atoms with Crippen molar-refractivity contribution in [2.75, 3.05) is 0 Å². The monoisotopic (exact) mass is 306 g/mol. The molecule has 0 radical (unpaired) electrons. The molecule has 2 nitrogen and oxygen atoms in total. The summed E-state index contributed by atoms with van der Waals surface area (Å²) >= 11 is 11.4. The van der Waals surface area contributed by atoms with Crippen LogP contribution in [0.1, 0.15) is 16.8 Å². The minimum Gasteiger partial charge on any atom is -0.166 e. The second kappa shape index (κ2) is 5.35. The van der Waals surface area contributed by atoms with Crippen molar-refractivity contribution in [3.63, 3.8) is 0 Å². The van der Waals surface area contributed by atoms with E-state index in [1.54, 1.807) is 0 Å². The SMILES string of the molecule is FC(F)(F)c1ccc(Cc2cc(Cl)c(Cl)nn2)cc1. The molecule has 1 aromatic carbocycles. The molecule has 0 aliphatic heterocycles. The van der Waals surface area contributed by atoms with Gasteiger partial charge in [-0.2, -0.15) is 18.3 Å². The van der Waals surface area contributed by atoms with Crippen molar-refractivity contribution in [3.8, 4) is 0 Å². The molecule has 0 fully saturated rings. The highest BCUT2D eigenvalue weighted by Gasteiger charge is 2.29. The lowest BCUT2D eigenvalue weighted by Gasteiger charge is -2.07. The fourth-order valence-electron chi connectivity index (χ4n) is 1.50. The van der Waals surface area contributed by atoms with E-state index in [0.29, 0.717) is 17.7 Å². The summed E-state index contributed by atoms with van der Waals surface area (Å²) in [7, 11) is 0. The number of rotatable bonds is 2. The summed E-state index contributed by atoms with van der Waals surface area (Å²) in [4.78, 5) is 0. The molecule has 0 bridgehead atoms. The van der Waals surface area contributed by atoms with E-state index in [1.807, 2.05) is 0 Å². The Morgan fingerprint density at radius 1 is 1.00 bits per heavy atom. The lowest BCUT2D eigenvalue weighted by atomic mass is 10.1. The molecule has 2 rings (SSSR count). The van der Waals surface area contributed by atoms with Crippen molar-refractivity contribution >= 4 is 23.2 Å². The van der Waals surface area contributed by atoms with Crippen molar-refractivity contribution in [1.29, 1.82) is 0 Å². The molecular weight excluding hydrogens is 300 g/mol. The van der Waals surface area contributed by atoms with Gasteiger partial charge in [0.1, 0.15) is 0 Å². The van der Waals surface area contributed by atoms with E-state index >= 15 is 0 Å². The van der Waals surface area contributed by atoms with Crippen LogP contribution in [0.3, 0.4) is 0 Å². The molecule has 2 aromatic rings. The Hall–Kier alpha value is -1.33. The average Bonchev–Trinajstić information content (AvgIpc) is 2.33. The quantitative estimate of drug-likeness (QED) is 0.822. The predicted octanol–water partition coefficient (Wildman–Crippen LogP) is 4.39. The van der Waals surface area contributed by atoms with Gasteiger partial charge in [0.2, 0.25) is 0 Å². The molecule has 0 saturated heterocycles. The van der Waals surface area contributed by atoms with Gasteiger partial charge in [-0.05, 0) is 23.8 Å². The number of nitrogens with zero attached hydrogens (tertiary/aromatic N) is 2. The maximum absolute atomic E-state index is 12.4. The third kappa shape index (κ3) is 3.58. The topological polar surface area (TPSA) is 25.8 Å². The van der Waals surface area contributed by atoms with Crippen LogP contribution >= 0.6 is 23.2 Å². The van der Waals surface area contributed by atoms with Gasteiger partial charge in [0.15, 0.2) is 5.15 Å². The predicted molar refractivity (Wildman–Crippen MR) is 66.3 cm³/mol. The maximum Gasteiger partial charge on any atom is 0.416 e. The van der Waals surface area contributed by atoms with Crippen molar-refractivity contribution in [1.82, 2.24) is 10.2 Å². The van der Waals surface area contributed by atoms with E-state index in [9.17, 15) is 13.2 Å². The van der Waals surface area contributed by atoms with Crippen LogP contribution in [0.25, 0.3) is 0 Å². The van der Waals surface area contributed by atoms with E-state index in [-0.39, 0.29) is 10.2 Å². The highest BCUT2D eigenvalue weighted by atomic mass is 35.5. The molecule has 1 heterocycles. The molecule has 0 N–H and O–H groups in total. The van der Waals surface area contributed by atoms with E-state index in [0.717, 1.165) is 12.1 Å². The van der Waals surface area contributed by atoms with E-state index in [4.69, 9.17) is 23.2 Å². The first kappa shape index (κ1) is 14.1. The van der Waals surface area contributed by atoms with Crippen LogP contribution in [0.5, 0.6) is 0 Å². The fraction of sp³-hybridized carbons (Fsp3) is 0.167. The van der Waals surface area contributed by atoms with Crippen molar-refractivity contribution < 1.29 is 13.2 Å². The molecule has 19 heavy (non-hydrogen) atoms. The van der Waals surface area contributed by atoms with Gasteiger partial charge in [-0.25, -0.2) is 0 Å². The Morgan fingerprint density at radius 2 is 1.63 bits per heavy atom. The summed E-state index contributed by atoms with van der Waals surface area (Å²) in [5.41, 5.74) is 0.534. The van der Waals surface area contributed by atoms with Gasteiger partial charge in [0.25, 0.3) is 0 Å². The molecular formula is C12H7Cl2F3N2. The smallest absolute Gasteiger partial charge is 0.166 e. The molecule has 0 aliphatic carbocycles. The highest BCUT2D eigenvalue weighted by Crippen LogP contribution is 2.29. The first-order chi connectivity index (χ1) is 8.86. The zero-order valence-electron chi connectivity index (χ0n) is 9.38. The molecule has 100 valence electrons. The summed E-state index contributed by atoms with van der Waals surface area (Å²) in [5, 5.41) is 7.81. The van der Waals surface area contributed by atoms with Crippen LogP contribution in [0.15, 0.2) is 30.3 Å². The third-order valence-corrected chi connectivity index (χ3v) is 3.09. The summed E-state index contributed by atoms with van der Waals surface area (Å²) in [6, 6.07) is 6.38. The molecule has 0 spiro atoms. The van der Waals surface area contributed by atoms with Crippen LogP contribution in [-0.4, -0.2) is 10.2 Å². The second-order valence-corrected chi connectivity index (χ2v) is 4.61. The summed E-state index contributed by atoms with van der Waals surface area (Å²) in [6.45, 7) is 0. The molecule has 0 atom stereocenters. The summed E-state index contributed by atoms with van der Waals surface area (Å²) < 4.78 is 37.2. The standard InChI is InChI=1S/C12H7Cl2F3N2/c13-10-6-9(18-19-11(10)14)5-7-1-3-8(4-2-7)12(15,16)17/h1-4,6H,5H2. The van der Waals surface area contributed by atoms with Crippen LogP contribution in [0.2, 0.25) is 10.2 Å². The van der Waals surface area contributed by atoms with Crippen molar-refractivity contribution in [2.45, 2.75) is 12.6 Å². The fourth-order valence-corrected chi connectivity index (χ4v) is 1.75. The molecule has 0 aliphatic rings. The average molecular weight is 307 g/mol. The maximum atomic E-state index is 12.4. The van der Waals surface area contributed by atoms with Crippen molar-refractivity contribution in [2.24, 2.45) is 0 Å². The van der Waals surface area contributed by atoms with Crippen LogP contribution in [0.4, 0.5) is 13.2 Å². The lowest BCUT2D eigenvalue weighted by molar-refractivity contribution is -0.137. The largest absolute Gasteiger partial charge is 0.416 e. The number of alkyl halides is 3. The van der Waals surface area contributed by atoms with Gasteiger partial charge in [-0.15, -0.1) is 5.10 Å². The first-order valence-electron chi connectivity index (χ1n) is 5.20. The van der Waals surface area contributed by atoms with Gasteiger partial charge >= 0.3 is 6.18 Å². The van der Waals surface area contributed by atoms with Gasteiger partial charge < -0.3 is 0 Å². The molecule has 0 amide bonds. The molecule has 0 saturated carbocycles. The Balaban J connectivity index is 2.17. The van der Waals surface area contributed by atoms with E-state index in [2.05, 4.69) is 10.2 Å². The Bertz CT molecular complexity index is 583. The van der Waals surface area contributed by atoms with Gasteiger partial charge in [-0.1, -0.05) is 35.3 Å². The molecule has 1 aromatic heterocycles. The van der Waals surface area contributed by atoms with E-state index in [1.165, 1.54) is 18.2 Å². The highest BCUT2D eigenvalue weighted by molar-refractivity contribution is 6.41. The van der Waals surface area contributed by atoms with Crippen LogP contribution in [-0.2, 0) is 12.6 Å². The zero-order chi connectivity index (χ0) is 14.0. The third-order valence-electron chi connectivity index (χ3n) is 2.42. The van der Waals surface area contributed by atoms with Gasteiger partial charge in [0.05, 0.1) is 16.3 Å². The number of halogens is 5. The number of benzene rings is 1. The lowest BCUT2D eigenvalue weighted by Crippen LogP contribution is -2.04. The first-order valence-corrected chi connectivity index (χ1v) is 5.95. The van der Waals surface area contributed by atoms with Crippen LogP contribution < -0.4 is 0 Å². The van der Waals surface area contributed by atoms with Crippen molar-refractivity contribution in [3.05, 3.63) is 57.3 Å². The Kier molecular flexibility index (Phi) is 3.96. The normalized spacial score (nSPS) is 11.6. The summed E-state index contributed by atoms with van der Waals surface area (Å²) in [5.74, 6) is 0. The van der Waals surface area contributed by atoms with E-state index < -0.39 is 11.7 Å². The minimum absolute atomic E-state index is 0.0952. The summed E-state index contributed by atoms with van der Waals surface area (Å²) in [6.07, 6.45) is -4.00. The van der Waals surface area contributed by atoms with Gasteiger partial charge in [-0.3, -0.25) is 0 Å².